The maximum absolute atomic E-state index is 13.0. The number of rotatable bonds is 4. The fourth-order valence-corrected chi connectivity index (χ4v) is 3.57. The SMILES string of the molecule is Cc1ccc(NC2=C(c3ccc(Cl)cc3Cl)C(=O)N(C(C)C)C2=O)cc1Cl. The van der Waals surface area contributed by atoms with Crippen molar-refractivity contribution in [1.29, 1.82) is 0 Å². The molecule has 0 bridgehead atoms. The number of halogens is 3. The lowest BCUT2D eigenvalue weighted by Gasteiger charge is -2.19. The van der Waals surface area contributed by atoms with E-state index in [2.05, 4.69) is 5.32 Å². The third kappa shape index (κ3) is 3.70. The van der Waals surface area contributed by atoms with Gasteiger partial charge in [-0.05, 0) is 50.6 Å². The van der Waals surface area contributed by atoms with Gasteiger partial charge in [0.1, 0.15) is 5.70 Å². The standard InChI is InChI=1S/C20H17Cl3N2O2/c1-10(2)25-19(26)17(14-7-5-12(21)8-16(14)23)18(20(25)27)24-13-6-4-11(3)15(22)9-13/h4-10,24H,1-3H3. The Hall–Kier alpha value is -2.01. The zero-order valence-corrected chi connectivity index (χ0v) is 17.2. The van der Waals surface area contributed by atoms with Gasteiger partial charge in [-0.15, -0.1) is 0 Å². The molecule has 0 radical (unpaired) electrons. The summed E-state index contributed by atoms with van der Waals surface area (Å²) in [6.45, 7) is 5.44. The number of aryl methyl sites for hydroxylation is 1. The average Bonchev–Trinajstić information content (AvgIpc) is 2.82. The molecular weight excluding hydrogens is 407 g/mol. The highest BCUT2D eigenvalue weighted by Gasteiger charge is 2.41. The van der Waals surface area contributed by atoms with Gasteiger partial charge in [-0.2, -0.15) is 0 Å². The van der Waals surface area contributed by atoms with Crippen molar-refractivity contribution in [1.82, 2.24) is 4.90 Å². The minimum Gasteiger partial charge on any atom is -0.350 e. The van der Waals surface area contributed by atoms with Crippen molar-refractivity contribution >= 4 is 57.9 Å². The van der Waals surface area contributed by atoms with Crippen LogP contribution in [-0.2, 0) is 9.59 Å². The molecule has 1 N–H and O–H groups in total. The zero-order valence-electron chi connectivity index (χ0n) is 14.9. The summed E-state index contributed by atoms with van der Waals surface area (Å²) in [5.41, 5.74) is 2.35. The molecule has 2 aromatic rings. The molecule has 3 rings (SSSR count). The maximum Gasteiger partial charge on any atom is 0.278 e. The quantitative estimate of drug-likeness (QED) is 0.655. The largest absolute Gasteiger partial charge is 0.350 e. The van der Waals surface area contributed by atoms with Gasteiger partial charge in [-0.3, -0.25) is 14.5 Å². The first-order chi connectivity index (χ1) is 12.7. The van der Waals surface area contributed by atoms with Gasteiger partial charge in [-0.25, -0.2) is 0 Å². The van der Waals surface area contributed by atoms with Crippen LogP contribution < -0.4 is 5.32 Å². The Morgan fingerprint density at radius 1 is 0.926 bits per heavy atom. The molecule has 4 nitrogen and oxygen atoms in total. The second-order valence-corrected chi connectivity index (χ2v) is 7.79. The van der Waals surface area contributed by atoms with E-state index in [0.717, 1.165) is 5.56 Å². The maximum atomic E-state index is 13.0. The number of anilines is 1. The number of hydrogen-bond acceptors (Lipinski definition) is 3. The number of carbonyl (C=O) groups is 2. The summed E-state index contributed by atoms with van der Waals surface area (Å²) in [6, 6.07) is 9.85. The normalized spacial score (nSPS) is 14.6. The van der Waals surface area contributed by atoms with Gasteiger partial charge >= 0.3 is 0 Å². The molecule has 0 spiro atoms. The first kappa shape index (κ1) is 19.7. The van der Waals surface area contributed by atoms with E-state index in [1.54, 1.807) is 44.2 Å². The summed E-state index contributed by atoms with van der Waals surface area (Å²) in [5.74, 6) is -0.812. The second kappa shape index (κ2) is 7.55. The first-order valence-corrected chi connectivity index (χ1v) is 9.45. The van der Waals surface area contributed by atoms with E-state index in [-0.39, 0.29) is 17.3 Å². The minimum atomic E-state index is -0.410. The lowest BCUT2D eigenvalue weighted by Crippen LogP contribution is -2.38. The summed E-state index contributed by atoms with van der Waals surface area (Å²) in [7, 11) is 0. The highest BCUT2D eigenvalue weighted by atomic mass is 35.5. The van der Waals surface area contributed by atoms with Gasteiger partial charge in [0.2, 0.25) is 0 Å². The Balaban J connectivity index is 2.15. The predicted octanol–water partition coefficient (Wildman–Crippen LogP) is 5.56. The number of hydrogen-bond donors (Lipinski definition) is 1. The molecule has 2 amide bonds. The Bertz CT molecular complexity index is 983. The number of benzene rings is 2. The fourth-order valence-electron chi connectivity index (χ4n) is 2.89. The van der Waals surface area contributed by atoms with E-state index in [1.807, 2.05) is 13.0 Å². The molecule has 7 heteroatoms. The van der Waals surface area contributed by atoms with E-state index in [0.29, 0.717) is 26.3 Å². The Morgan fingerprint density at radius 2 is 1.63 bits per heavy atom. The Kier molecular flexibility index (Phi) is 5.52. The van der Waals surface area contributed by atoms with Crippen LogP contribution in [0.25, 0.3) is 5.57 Å². The lowest BCUT2D eigenvalue weighted by molar-refractivity contribution is -0.138. The minimum absolute atomic E-state index is 0.165. The summed E-state index contributed by atoms with van der Waals surface area (Å²) < 4.78 is 0. The smallest absolute Gasteiger partial charge is 0.278 e. The van der Waals surface area contributed by atoms with Crippen LogP contribution in [0.15, 0.2) is 42.1 Å². The number of imide groups is 1. The first-order valence-electron chi connectivity index (χ1n) is 8.31. The number of amides is 2. The van der Waals surface area contributed by atoms with E-state index in [9.17, 15) is 9.59 Å². The molecular formula is C20H17Cl3N2O2. The molecule has 0 fully saturated rings. The third-order valence-electron chi connectivity index (χ3n) is 4.27. The van der Waals surface area contributed by atoms with Gasteiger partial charge in [0.05, 0.1) is 10.6 Å². The fraction of sp³-hybridized carbons (Fsp3) is 0.200. The molecule has 1 aliphatic rings. The van der Waals surface area contributed by atoms with Crippen molar-refractivity contribution < 1.29 is 9.59 Å². The van der Waals surface area contributed by atoms with Crippen molar-refractivity contribution in [3.63, 3.8) is 0 Å². The van der Waals surface area contributed by atoms with Crippen molar-refractivity contribution in [2.45, 2.75) is 26.8 Å². The van der Waals surface area contributed by atoms with Crippen LogP contribution in [0, 0.1) is 6.92 Å². The molecule has 1 heterocycles. The number of nitrogens with one attached hydrogen (secondary N) is 1. The summed E-state index contributed by atoms with van der Waals surface area (Å²) in [5, 5.41) is 4.36. The van der Waals surface area contributed by atoms with Crippen molar-refractivity contribution in [3.05, 3.63) is 68.3 Å². The molecule has 0 unspecified atom stereocenters. The Labute approximate surface area is 172 Å². The highest BCUT2D eigenvalue weighted by molar-refractivity contribution is 6.41. The summed E-state index contributed by atoms with van der Waals surface area (Å²) in [4.78, 5) is 27.2. The average molecular weight is 424 g/mol. The van der Waals surface area contributed by atoms with Crippen LogP contribution in [0.4, 0.5) is 5.69 Å². The van der Waals surface area contributed by atoms with Crippen molar-refractivity contribution in [2.24, 2.45) is 0 Å². The molecule has 0 saturated carbocycles. The van der Waals surface area contributed by atoms with Crippen molar-refractivity contribution in [3.8, 4) is 0 Å². The molecule has 27 heavy (non-hydrogen) atoms. The zero-order chi connectivity index (χ0) is 19.9. The summed E-state index contributed by atoms with van der Waals surface area (Å²) in [6.07, 6.45) is 0. The molecule has 0 aromatic heterocycles. The number of carbonyl (C=O) groups excluding carboxylic acids is 2. The van der Waals surface area contributed by atoms with Crippen LogP contribution in [0.3, 0.4) is 0 Å². The monoisotopic (exact) mass is 422 g/mol. The lowest BCUT2D eigenvalue weighted by atomic mass is 10.0. The van der Waals surface area contributed by atoms with Crippen LogP contribution in [-0.4, -0.2) is 22.8 Å². The van der Waals surface area contributed by atoms with E-state index >= 15 is 0 Å². The highest BCUT2D eigenvalue weighted by Crippen LogP contribution is 2.36. The van der Waals surface area contributed by atoms with Crippen LogP contribution in [0.2, 0.25) is 15.1 Å². The molecule has 1 aliphatic heterocycles. The van der Waals surface area contributed by atoms with E-state index < -0.39 is 11.8 Å². The van der Waals surface area contributed by atoms with E-state index in [1.165, 1.54) is 4.90 Å². The van der Waals surface area contributed by atoms with E-state index in [4.69, 9.17) is 34.8 Å². The number of nitrogens with zero attached hydrogens (tertiary/aromatic N) is 1. The molecule has 0 aliphatic carbocycles. The second-order valence-electron chi connectivity index (χ2n) is 6.54. The van der Waals surface area contributed by atoms with Gasteiger partial charge in [0.25, 0.3) is 11.8 Å². The summed E-state index contributed by atoms with van der Waals surface area (Å²) >= 11 is 18.5. The molecule has 0 saturated heterocycles. The molecule has 2 aromatic carbocycles. The van der Waals surface area contributed by atoms with Gasteiger partial charge in [-0.1, -0.05) is 46.9 Å². The van der Waals surface area contributed by atoms with Gasteiger partial charge in [0.15, 0.2) is 0 Å². The molecule has 0 atom stereocenters. The van der Waals surface area contributed by atoms with Gasteiger partial charge < -0.3 is 5.32 Å². The predicted molar refractivity (Wildman–Crippen MR) is 110 cm³/mol. The van der Waals surface area contributed by atoms with Crippen LogP contribution in [0.1, 0.15) is 25.0 Å². The third-order valence-corrected chi connectivity index (χ3v) is 5.23. The molecule has 140 valence electrons. The van der Waals surface area contributed by atoms with Crippen molar-refractivity contribution in [2.75, 3.05) is 5.32 Å². The topological polar surface area (TPSA) is 49.4 Å². The van der Waals surface area contributed by atoms with Crippen LogP contribution >= 0.6 is 34.8 Å². The Morgan fingerprint density at radius 3 is 2.22 bits per heavy atom. The van der Waals surface area contributed by atoms with Crippen LogP contribution in [0.5, 0.6) is 0 Å². The van der Waals surface area contributed by atoms with Gasteiger partial charge in [0, 0.05) is 27.3 Å².